The number of alkyl halides is 1. The number of hydrogen-bond donors (Lipinski definition) is 2. The van der Waals surface area contributed by atoms with E-state index < -0.39 is 10.0 Å². The monoisotopic (exact) mass is 352 g/mol. The molecule has 1 aliphatic carbocycles. The first-order valence-electron chi connectivity index (χ1n) is 6.66. The van der Waals surface area contributed by atoms with E-state index in [4.69, 9.17) is 11.6 Å². The molecular formula is C11H17ClN4O3S2. The Morgan fingerprint density at radius 1 is 1.29 bits per heavy atom. The lowest BCUT2D eigenvalue weighted by atomic mass is 10.1. The number of rotatable bonds is 4. The summed E-state index contributed by atoms with van der Waals surface area (Å²) in [4.78, 5) is 10.9. The van der Waals surface area contributed by atoms with Crippen molar-refractivity contribution in [3.05, 3.63) is 0 Å². The summed E-state index contributed by atoms with van der Waals surface area (Å²) in [6.45, 7) is 1.32. The van der Waals surface area contributed by atoms with Crippen LogP contribution in [0.3, 0.4) is 0 Å². The van der Waals surface area contributed by atoms with Crippen LogP contribution in [0.25, 0.3) is 0 Å². The van der Waals surface area contributed by atoms with Crippen LogP contribution >= 0.6 is 22.9 Å². The van der Waals surface area contributed by atoms with Gasteiger partial charge >= 0.3 is 0 Å². The van der Waals surface area contributed by atoms with Crippen molar-refractivity contribution in [3.8, 4) is 0 Å². The van der Waals surface area contributed by atoms with Crippen LogP contribution in [0.5, 0.6) is 0 Å². The third kappa shape index (κ3) is 4.60. The molecule has 2 unspecified atom stereocenters. The highest BCUT2D eigenvalue weighted by Gasteiger charge is 2.29. The molecule has 1 aromatic rings. The topological polar surface area (TPSA) is 101 Å². The fraction of sp³-hybridized carbons (Fsp3) is 0.727. The average Bonchev–Trinajstić information content (AvgIpc) is 2.76. The SMILES string of the molecule is CC(=O)Nc1nnc(S(=O)(=O)NC2CCCCCC2Cl)s1. The van der Waals surface area contributed by atoms with Gasteiger partial charge in [-0.3, -0.25) is 4.79 Å². The zero-order valence-electron chi connectivity index (χ0n) is 11.5. The van der Waals surface area contributed by atoms with E-state index in [0.717, 1.165) is 37.0 Å². The maximum atomic E-state index is 12.3. The van der Waals surface area contributed by atoms with Gasteiger partial charge in [0.15, 0.2) is 0 Å². The van der Waals surface area contributed by atoms with E-state index in [2.05, 4.69) is 20.2 Å². The molecule has 0 bridgehead atoms. The van der Waals surface area contributed by atoms with Crippen molar-refractivity contribution < 1.29 is 13.2 Å². The molecule has 1 fully saturated rings. The highest BCUT2D eigenvalue weighted by molar-refractivity contribution is 7.91. The van der Waals surface area contributed by atoms with Crippen molar-refractivity contribution in [1.29, 1.82) is 0 Å². The largest absolute Gasteiger partial charge is 0.301 e. The lowest BCUT2D eigenvalue weighted by molar-refractivity contribution is -0.114. The molecule has 21 heavy (non-hydrogen) atoms. The van der Waals surface area contributed by atoms with Gasteiger partial charge in [0.05, 0.1) is 0 Å². The summed E-state index contributed by atoms with van der Waals surface area (Å²) in [6, 6.07) is -0.299. The highest BCUT2D eigenvalue weighted by Crippen LogP contribution is 2.25. The standard InChI is InChI=1S/C11H17ClN4O3S2/c1-7(17)13-10-14-15-11(20-10)21(18,19)16-9-6-4-2-3-5-8(9)12/h8-9,16H,2-6H2,1H3,(H,13,14,17). The second-order valence-electron chi connectivity index (χ2n) is 4.94. The summed E-state index contributed by atoms with van der Waals surface area (Å²) in [5.74, 6) is -0.326. The van der Waals surface area contributed by atoms with Crippen LogP contribution in [0.15, 0.2) is 4.34 Å². The van der Waals surface area contributed by atoms with E-state index in [1.807, 2.05) is 0 Å². The number of anilines is 1. The highest BCUT2D eigenvalue weighted by atomic mass is 35.5. The summed E-state index contributed by atoms with van der Waals surface area (Å²) in [7, 11) is -3.76. The fourth-order valence-corrected chi connectivity index (χ4v) is 4.86. The number of halogens is 1. The smallest absolute Gasteiger partial charge is 0.270 e. The van der Waals surface area contributed by atoms with Gasteiger partial charge in [0.1, 0.15) is 0 Å². The minimum Gasteiger partial charge on any atom is -0.301 e. The first kappa shape index (κ1) is 16.6. The van der Waals surface area contributed by atoms with Crippen LogP contribution in [0.4, 0.5) is 5.13 Å². The third-order valence-corrected chi connectivity index (χ3v) is 6.38. The number of sulfonamides is 1. The molecular weight excluding hydrogens is 336 g/mol. The molecule has 1 saturated carbocycles. The maximum absolute atomic E-state index is 12.3. The summed E-state index contributed by atoms with van der Waals surface area (Å²) in [5, 5.41) is 9.60. The molecule has 1 amide bonds. The fourth-order valence-electron chi connectivity index (χ4n) is 2.16. The summed E-state index contributed by atoms with van der Waals surface area (Å²) in [6.07, 6.45) is 4.53. The normalized spacial score (nSPS) is 23.5. The Labute approximate surface area is 132 Å². The van der Waals surface area contributed by atoms with E-state index >= 15 is 0 Å². The van der Waals surface area contributed by atoms with Crippen molar-refractivity contribution in [2.75, 3.05) is 5.32 Å². The molecule has 7 nitrogen and oxygen atoms in total. The van der Waals surface area contributed by atoms with E-state index in [0.29, 0.717) is 6.42 Å². The summed E-state index contributed by atoms with van der Waals surface area (Å²) < 4.78 is 27.0. The Morgan fingerprint density at radius 3 is 2.71 bits per heavy atom. The molecule has 1 aliphatic rings. The number of carbonyl (C=O) groups excluding carboxylic acids is 1. The van der Waals surface area contributed by atoms with E-state index in [1.165, 1.54) is 6.92 Å². The van der Waals surface area contributed by atoms with Crippen molar-refractivity contribution in [2.45, 2.75) is 54.8 Å². The predicted molar refractivity (Wildman–Crippen MR) is 81.0 cm³/mol. The van der Waals surface area contributed by atoms with Crippen LogP contribution in [-0.2, 0) is 14.8 Å². The van der Waals surface area contributed by atoms with Crippen LogP contribution < -0.4 is 10.0 Å². The van der Waals surface area contributed by atoms with Crippen LogP contribution in [0.1, 0.15) is 39.0 Å². The number of carbonyl (C=O) groups is 1. The zero-order valence-corrected chi connectivity index (χ0v) is 13.9. The van der Waals surface area contributed by atoms with Gasteiger partial charge in [0.25, 0.3) is 10.0 Å². The van der Waals surface area contributed by atoms with Crippen molar-refractivity contribution in [1.82, 2.24) is 14.9 Å². The lowest BCUT2D eigenvalue weighted by Crippen LogP contribution is -2.40. The predicted octanol–water partition coefficient (Wildman–Crippen LogP) is 1.71. The second-order valence-corrected chi connectivity index (χ2v) is 8.36. The molecule has 0 saturated heterocycles. The first-order chi connectivity index (χ1) is 9.88. The average molecular weight is 353 g/mol. The minimum absolute atomic E-state index is 0.158. The summed E-state index contributed by atoms with van der Waals surface area (Å²) >= 11 is 7.05. The van der Waals surface area contributed by atoms with Gasteiger partial charge in [-0.15, -0.1) is 21.8 Å². The molecule has 0 radical (unpaired) electrons. The Morgan fingerprint density at radius 2 is 2.00 bits per heavy atom. The number of aromatic nitrogens is 2. The van der Waals surface area contributed by atoms with E-state index in [9.17, 15) is 13.2 Å². The van der Waals surface area contributed by atoms with Gasteiger partial charge < -0.3 is 5.32 Å². The van der Waals surface area contributed by atoms with Crippen molar-refractivity contribution >= 4 is 44.0 Å². The zero-order chi connectivity index (χ0) is 15.5. The van der Waals surface area contributed by atoms with Gasteiger partial charge in [-0.1, -0.05) is 30.6 Å². The number of hydrogen-bond acceptors (Lipinski definition) is 6. The Balaban J connectivity index is 2.10. The molecule has 2 atom stereocenters. The maximum Gasteiger partial charge on any atom is 0.270 e. The molecule has 1 heterocycles. The van der Waals surface area contributed by atoms with Crippen LogP contribution in [0.2, 0.25) is 0 Å². The lowest BCUT2D eigenvalue weighted by Gasteiger charge is -2.19. The van der Waals surface area contributed by atoms with Gasteiger partial charge in [-0.2, -0.15) is 0 Å². The molecule has 2 N–H and O–H groups in total. The van der Waals surface area contributed by atoms with Gasteiger partial charge in [-0.05, 0) is 12.8 Å². The molecule has 118 valence electrons. The number of amides is 1. The Kier molecular flexibility index (Phi) is 5.53. The molecule has 0 spiro atoms. The van der Waals surface area contributed by atoms with E-state index in [1.54, 1.807) is 0 Å². The van der Waals surface area contributed by atoms with Gasteiger partial charge in [-0.25, -0.2) is 13.1 Å². The first-order valence-corrected chi connectivity index (χ1v) is 9.39. The molecule has 1 aromatic heterocycles. The van der Waals surface area contributed by atoms with Gasteiger partial charge in [0.2, 0.25) is 15.4 Å². The minimum atomic E-state index is -3.76. The number of nitrogens with zero attached hydrogens (tertiary/aromatic N) is 2. The van der Waals surface area contributed by atoms with Gasteiger partial charge in [0, 0.05) is 18.3 Å². The van der Waals surface area contributed by atoms with Crippen LogP contribution in [-0.4, -0.2) is 35.9 Å². The Bertz CT molecular complexity index is 604. The van der Waals surface area contributed by atoms with Crippen LogP contribution in [0, 0.1) is 0 Å². The van der Waals surface area contributed by atoms with Crippen molar-refractivity contribution in [2.24, 2.45) is 0 Å². The Hall–Kier alpha value is -0.770. The summed E-state index contributed by atoms with van der Waals surface area (Å²) in [5.41, 5.74) is 0. The molecule has 0 aromatic carbocycles. The quantitative estimate of drug-likeness (QED) is 0.488. The van der Waals surface area contributed by atoms with Crippen molar-refractivity contribution in [3.63, 3.8) is 0 Å². The molecule has 2 rings (SSSR count). The molecule has 10 heteroatoms. The third-order valence-electron chi connectivity index (χ3n) is 3.16. The number of nitrogens with one attached hydrogen (secondary N) is 2. The van der Waals surface area contributed by atoms with E-state index in [-0.39, 0.29) is 26.8 Å². The molecule has 0 aliphatic heterocycles. The second kappa shape index (κ2) is 6.99.